The molecule has 0 atom stereocenters. The van der Waals surface area contributed by atoms with Gasteiger partial charge in [-0.25, -0.2) is 4.39 Å². The number of aryl methyl sites for hydroxylation is 1. The molecule has 0 unspecified atom stereocenters. The monoisotopic (exact) mass is 336 g/mol. The van der Waals surface area contributed by atoms with Crippen molar-refractivity contribution >= 4 is 23.1 Å². The lowest BCUT2D eigenvalue weighted by molar-refractivity contribution is 0.102. The summed E-state index contributed by atoms with van der Waals surface area (Å²) < 4.78 is 13.2. The van der Waals surface area contributed by atoms with Crippen molar-refractivity contribution in [1.29, 1.82) is 0 Å². The number of halogens is 1. The van der Waals surface area contributed by atoms with Gasteiger partial charge in [-0.3, -0.25) is 4.79 Å². The highest BCUT2D eigenvalue weighted by molar-refractivity contribution is 6.03. The SMILES string of the molecule is Cc1cccc(NC(=O)c2ccc(Nc3cccc(F)c3)nn2)c1C. The second-order valence-corrected chi connectivity index (χ2v) is 5.64. The van der Waals surface area contributed by atoms with E-state index in [0.29, 0.717) is 11.5 Å². The summed E-state index contributed by atoms with van der Waals surface area (Å²) in [5.74, 6) is -0.255. The van der Waals surface area contributed by atoms with Crippen molar-refractivity contribution in [3.63, 3.8) is 0 Å². The van der Waals surface area contributed by atoms with E-state index in [1.54, 1.807) is 24.3 Å². The third kappa shape index (κ3) is 3.98. The first-order valence-electron chi connectivity index (χ1n) is 7.77. The topological polar surface area (TPSA) is 66.9 Å². The Bertz CT molecular complexity index is 910. The van der Waals surface area contributed by atoms with Crippen LogP contribution in [0.1, 0.15) is 21.6 Å². The number of nitrogens with zero attached hydrogens (tertiary/aromatic N) is 2. The number of carbonyl (C=O) groups excluding carboxylic acids is 1. The van der Waals surface area contributed by atoms with Crippen LogP contribution in [0.25, 0.3) is 0 Å². The molecule has 0 radical (unpaired) electrons. The van der Waals surface area contributed by atoms with Gasteiger partial charge in [-0.2, -0.15) is 0 Å². The average molecular weight is 336 g/mol. The summed E-state index contributed by atoms with van der Waals surface area (Å²) in [6, 6.07) is 14.9. The molecule has 1 amide bonds. The molecule has 0 saturated carbocycles. The van der Waals surface area contributed by atoms with Gasteiger partial charge in [-0.1, -0.05) is 18.2 Å². The fourth-order valence-corrected chi connectivity index (χ4v) is 2.31. The molecule has 1 heterocycles. The minimum atomic E-state index is -0.345. The average Bonchev–Trinajstić information content (AvgIpc) is 2.59. The van der Waals surface area contributed by atoms with Crippen molar-refractivity contribution in [2.45, 2.75) is 13.8 Å². The molecule has 0 aliphatic heterocycles. The van der Waals surface area contributed by atoms with E-state index in [1.165, 1.54) is 12.1 Å². The Labute approximate surface area is 144 Å². The Morgan fingerprint density at radius 1 is 1.00 bits per heavy atom. The molecule has 2 aromatic carbocycles. The van der Waals surface area contributed by atoms with E-state index in [9.17, 15) is 9.18 Å². The maximum Gasteiger partial charge on any atom is 0.276 e. The molecule has 2 N–H and O–H groups in total. The Morgan fingerprint density at radius 2 is 1.80 bits per heavy atom. The molecule has 1 aromatic heterocycles. The lowest BCUT2D eigenvalue weighted by atomic mass is 10.1. The number of benzene rings is 2. The van der Waals surface area contributed by atoms with Gasteiger partial charge < -0.3 is 10.6 Å². The van der Waals surface area contributed by atoms with Crippen molar-refractivity contribution in [3.8, 4) is 0 Å². The van der Waals surface area contributed by atoms with Gasteiger partial charge in [0.25, 0.3) is 5.91 Å². The van der Waals surface area contributed by atoms with E-state index in [0.717, 1.165) is 16.8 Å². The zero-order valence-electron chi connectivity index (χ0n) is 13.9. The van der Waals surface area contributed by atoms with Crippen molar-refractivity contribution < 1.29 is 9.18 Å². The van der Waals surface area contributed by atoms with Gasteiger partial charge in [0.1, 0.15) is 5.82 Å². The summed E-state index contributed by atoms with van der Waals surface area (Å²) in [7, 11) is 0. The molecule has 0 aliphatic carbocycles. The number of amides is 1. The van der Waals surface area contributed by atoms with Gasteiger partial charge in [-0.15, -0.1) is 10.2 Å². The van der Waals surface area contributed by atoms with Crippen LogP contribution in [0.2, 0.25) is 0 Å². The molecular weight excluding hydrogens is 319 g/mol. The molecule has 0 saturated heterocycles. The molecule has 25 heavy (non-hydrogen) atoms. The van der Waals surface area contributed by atoms with Gasteiger partial charge in [0, 0.05) is 11.4 Å². The number of aromatic nitrogens is 2. The van der Waals surface area contributed by atoms with Crippen molar-refractivity contribution in [2.24, 2.45) is 0 Å². The predicted molar refractivity (Wildman–Crippen MR) is 95.6 cm³/mol. The molecule has 0 bridgehead atoms. The van der Waals surface area contributed by atoms with Crippen LogP contribution in [0.3, 0.4) is 0 Å². The molecule has 0 aliphatic rings. The minimum absolute atomic E-state index is 0.200. The van der Waals surface area contributed by atoms with Gasteiger partial charge in [0.2, 0.25) is 0 Å². The van der Waals surface area contributed by atoms with Crippen LogP contribution in [0, 0.1) is 19.7 Å². The van der Waals surface area contributed by atoms with Gasteiger partial charge in [0.15, 0.2) is 11.5 Å². The highest BCUT2D eigenvalue weighted by atomic mass is 19.1. The van der Waals surface area contributed by atoms with Crippen molar-refractivity contribution in [3.05, 3.63) is 77.2 Å². The number of nitrogens with one attached hydrogen (secondary N) is 2. The molecule has 0 fully saturated rings. The third-order valence-corrected chi connectivity index (χ3v) is 3.85. The Kier molecular flexibility index (Phi) is 4.70. The molecular formula is C19H17FN4O. The van der Waals surface area contributed by atoms with Crippen LogP contribution >= 0.6 is 0 Å². The zero-order valence-corrected chi connectivity index (χ0v) is 13.9. The lowest BCUT2D eigenvalue weighted by Gasteiger charge is -2.10. The Morgan fingerprint density at radius 3 is 2.52 bits per heavy atom. The molecule has 3 rings (SSSR count). The smallest absolute Gasteiger partial charge is 0.276 e. The third-order valence-electron chi connectivity index (χ3n) is 3.85. The molecule has 0 spiro atoms. The van der Waals surface area contributed by atoms with Gasteiger partial charge in [0.05, 0.1) is 0 Å². The first-order valence-corrected chi connectivity index (χ1v) is 7.77. The second-order valence-electron chi connectivity index (χ2n) is 5.64. The Balaban J connectivity index is 1.71. The summed E-state index contributed by atoms with van der Waals surface area (Å²) >= 11 is 0. The van der Waals surface area contributed by atoms with Gasteiger partial charge in [-0.05, 0) is 61.4 Å². The van der Waals surface area contributed by atoms with E-state index in [-0.39, 0.29) is 17.4 Å². The van der Waals surface area contributed by atoms with E-state index in [1.807, 2.05) is 32.0 Å². The summed E-state index contributed by atoms with van der Waals surface area (Å²) in [6.45, 7) is 3.93. The summed E-state index contributed by atoms with van der Waals surface area (Å²) in [5.41, 5.74) is 3.60. The predicted octanol–water partition coefficient (Wildman–Crippen LogP) is 4.23. The summed E-state index contributed by atoms with van der Waals surface area (Å²) in [6.07, 6.45) is 0. The number of hydrogen-bond acceptors (Lipinski definition) is 4. The fraction of sp³-hybridized carbons (Fsp3) is 0.105. The quantitative estimate of drug-likeness (QED) is 0.748. The van der Waals surface area contributed by atoms with Crippen molar-refractivity contribution in [1.82, 2.24) is 10.2 Å². The van der Waals surface area contributed by atoms with Crippen LogP contribution in [-0.2, 0) is 0 Å². The van der Waals surface area contributed by atoms with Crippen LogP contribution in [0.4, 0.5) is 21.6 Å². The molecule has 5 nitrogen and oxygen atoms in total. The van der Waals surface area contributed by atoms with Crippen LogP contribution < -0.4 is 10.6 Å². The van der Waals surface area contributed by atoms with Gasteiger partial charge >= 0.3 is 0 Å². The second kappa shape index (κ2) is 7.09. The van der Waals surface area contributed by atoms with Crippen molar-refractivity contribution in [2.75, 3.05) is 10.6 Å². The standard InChI is InChI=1S/C19H17FN4O/c1-12-5-3-8-16(13(12)2)22-19(25)17-9-10-18(24-23-17)21-15-7-4-6-14(20)11-15/h3-11H,1-2H3,(H,21,24)(H,22,25). The number of anilines is 3. The maximum atomic E-state index is 13.2. The Hall–Kier alpha value is -3.28. The number of carbonyl (C=O) groups is 1. The molecule has 126 valence electrons. The van der Waals surface area contributed by atoms with E-state index in [2.05, 4.69) is 20.8 Å². The number of rotatable bonds is 4. The zero-order chi connectivity index (χ0) is 17.8. The molecule has 3 aromatic rings. The highest BCUT2D eigenvalue weighted by Crippen LogP contribution is 2.19. The fourth-order valence-electron chi connectivity index (χ4n) is 2.31. The first-order chi connectivity index (χ1) is 12.0. The van der Waals surface area contributed by atoms with Crippen LogP contribution in [0.5, 0.6) is 0 Å². The van der Waals surface area contributed by atoms with Crippen LogP contribution in [0.15, 0.2) is 54.6 Å². The normalized spacial score (nSPS) is 10.4. The minimum Gasteiger partial charge on any atom is -0.339 e. The van der Waals surface area contributed by atoms with Crippen LogP contribution in [-0.4, -0.2) is 16.1 Å². The maximum absolute atomic E-state index is 13.2. The van der Waals surface area contributed by atoms with E-state index < -0.39 is 0 Å². The first kappa shape index (κ1) is 16.6. The van der Waals surface area contributed by atoms with E-state index >= 15 is 0 Å². The highest BCUT2D eigenvalue weighted by Gasteiger charge is 2.11. The number of hydrogen-bond donors (Lipinski definition) is 2. The van der Waals surface area contributed by atoms with E-state index in [4.69, 9.17) is 0 Å². The largest absolute Gasteiger partial charge is 0.339 e. The lowest BCUT2D eigenvalue weighted by Crippen LogP contribution is -2.15. The summed E-state index contributed by atoms with van der Waals surface area (Å²) in [5, 5.41) is 13.7. The summed E-state index contributed by atoms with van der Waals surface area (Å²) in [4.78, 5) is 12.3. The molecule has 6 heteroatoms.